The minimum absolute atomic E-state index is 0.261. The van der Waals surface area contributed by atoms with E-state index in [1.165, 1.54) is 12.1 Å². The molecule has 3 rings (SSSR count). The molecule has 140 valence electrons. The Morgan fingerprint density at radius 1 is 1.07 bits per heavy atom. The molecule has 4 nitrogen and oxygen atoms in total. The van der Waals surface area contributed by atoms with Gasteiger partial charge in [0.1, 0.15) is 5.82 Å². The zero-order valence-electron chi connectivity index (χ0n) is 15.4. The third kappa shape index (κ3) is 4.39. The number of hydrogen-bond acceptors (Lipinski definition) is 1. The van der Waals surface area contributed by atoms with Gasteiger partial charge in [0.05, 0.1) is 0 Å². The van der Waals surface area contributed by atoms with Gasteiger partial charge in [0.25, 0.3) is 0 Å². The zero-order chi connectivity index (χ0) is 19.6. The van der Waals surface area contributed by atoms with Crippen molar-refractivity contribution in [2.45, 2.75) is 27.3 Å². The fourth-order valence-corrected chi connectivity index (χ4v) is 3.32. The topological polar surface area (TPSA) is 46.1 Å². The summed E-state index contributed by atoms with van der Waals surface area (Å²) in [5.41, 5.74) is 5.74. The van der Waals surface area contributed by atoms with E-state index in [1.54, 1.807) is 12.1 Å². The predicted molar refractivity (Wildman–Crippen MR) is 110 cm³/mol. The SMILES string of the molecule is Cc1cc(NC(=O)NCc2cc(C)n(-c3ccc(F)cc3)c2C)ccc1Br. The van der Waals surface area contributed by atoms with Gasteiger partial charge in [-0.05, 0) is 80.4 Å². The van der Waals surface area contributed by atoms with Crippen molar-refractivity contribution >= 4 is 27.6 Å². The van der Waals surface area contributed by atoms with Crippen LogP contribution in [0.15, 0.2) is 53.0 Å². The summed E-state index contributed by atoms with van der Waals surface area (Å²) >= 11 is 3.45. The summed E-state index contributed by atoms with van der Waals surface area (Å²) in [6.07, 6.45) is 0. The molecule has 1 aromatic heterocycles. The number of aryl methyl sites for hydroxylation is 2. The molecule has 6 heteroatoms. The summed E-state index contributed by atoms with van der Waals surface area (Å²) in [6.45, 7) is 6.35. The molecule has 3 aromatic rings. The maximum absolute atomic E-state index is 13.2. The number of nitrogens with zero attached hydrogens (tertiary/aromatic N) is 1. The van der Waals surface area contributed by atoms with Crippen molar-refractivity contribution in [3.05, 3.63) is 81.3 Å². The molecular formula is C21H21BrFN3O. The van der Waals surface area contributed by atoms with E-state index in [2.05, 4.69) is 26.6 Å². The van der Waals surface area contributed by atoms with Gasteiger partial charge in [-0.2, -0.15) is 0 Å². The third-order valence-electron chi connectivity index (χ3n) is 4.48. The molecule has 0 saturated heterocycles. The molecule has 0 unspecified atom stereocenters. The van der Waals surface area contributed by atoms with Gasteiger partial charge in [0.15, 0.2) is 0 Å². The molecule has 2 aromatic carbocycles. The summed E-state index contributed by atoms with van der Waals surface area (Å²) in [7, 11) is 0. The molecule has 0 aliphatic carbocycles. The molecule has 0 spiro atoms. The lowest BCUT2D eigenvalue weighted by Gasteiger charge is -2.11. The Balaban J connectivity index is 1.69. The lowest BCUT2D eigenvalue weighted by atomic mass is 10.2. The monoisotopic (exact) mass is 429 g/mol. The van der Waals surface area contributed by atoms with Gasteiger partial charge in [0.2, 0.25) is 0 Å². The molecule has 2 amide bonds. The fraction of sp³-hybridized carbons (Fsp3) is 0.190. The maximum Gasteiger partial charge on any atom is 0.319 e. The van der Waals surface area contributed by atoms with Crippen LogP contribution in [0.1, 0.15) is 22.5 Å². The van der Waals surface area contributed by atoms with Crippen LogP contribution in [0.4, 0.5) is 14.9 Å². The van der Waals surface area contributed by atoms with Gasteiger partial charge in [-0.25, -0.2) is 9.18 Å². The first-order valence-electron chi connectivity index (χ1n) is 8.60. The van der Waals surface area contributed by atoms with E-state index in [0.717, 1.165) is 38.4 Å². The van der Waals surface area contributed by atoms with Crippen molar-refractivity contribution in [1.29, 1.82) is 0 Å². The fourth-order valence-electron chi connectivity index (χ4n) is 3.07. The van der Waals surface area contributed by atoms with Crippen LogP contribution in [0, 0.1) is 26.6 Å². The van der Waals surface area contributed by atoms with Crippen LogP contribution in [0.5, 0.6) is 0 Å². The molecule has 2 N–H and O–H groups in total. The first kappa shape index (κ1) is 19.2. The number of carbonyl (C=O) groups excluding carboxylic acids is 1. The number of rotatable bonds is 4. The van der Waals surface area contributed by atoms with E-state index in [-0.39, 0.29) is 11.8 Å². The highest BCUT2D eigenvalue weighted by Gasteiger charge is 2.12. The number of urea groups is 1. The highest BCUT2D eigenvalue weighted by atomic mass is 79.9. The average molecular weight is 430 g/mol. The number of amides is 2. The summed E-state index contributed by atoms with van der Waals surface area (Å²) in [4.78, 5) is 12.2. The van der Waals surface area contributed by atoms with E-state index in [9.17, 15) is 9.18 Å². The van der Waals surface area contributed by atoms with Crippen molar-refractivity contribution < 1.29 is 9.18 Å². The second-order valence-corrected chi connectivity index (χ2v) is 7.33. The Labute approximate surface area is 166 Å². The van der Waals surface area contributed by atoms with Crippen LogP contribution < -0.4 is 10.6 Å². The zero-order valence-corrected chi connectivity index (χ0v) is 17.0. The molecule has 0 aliphatic heterocycles. The Hall–Kier alpha value is -2.60. The first-order valence-corrected chi connectivity index (χ1v) is 9.39. The smallest absolute Gasteiger partial charge is 0.319 e. The van der Waals surface area contributed by atoms with Crippen LogP contribution in [-0.4, -0.2) is 10.6 Å². The van der Waals surface area contributed by atoms with Crippen LogP contribution in [0.2, 0.25) is 0 Å². The average Bonchev–Trinajstić information content (AvgIpc) is 2.91. The number of aromatic nitrogens is 1. The molecule has 0 radical (unpaired) electrons. The number of nitrogens with one attached hydrogen (secondary N) is 2. The molecule has 0 atom stereocenters. The Bertz CT molecular complexity index is 980. The van der Waals surface area contributed by atoms with E-state index < -0.39 is 0 Å². The van der Waals surface area contributed by atoms with Crippen molar-refractivity contribution in [2.75, 3.05) is 5.32 Å². The van der Waals surface area contributed by atoms with E-state index in [4.69, 9.17) is 0 Å². The second-order valence-electron chi connectivity index (χ2n) is 6.48. The van der Waals surface area contributed by atoms with Crippen LogP contribution in [0.3, 0.4) is 0 Å². The van der Waals surface area contributed by atoms with Gasteiger partial charge in [-0.15, -0.1) is 0 Å². The highest BCUT2D eigenvalue weighted by Crippen LogP contribution is 2.22. The summed E-state index contributed by atoms with van der Waals surface area (Å²) < 4.78 is 16.2. The van der Waals surface area contributed by atoms with Gasteiger partial charge in [-0.3, -0.25) is 0 Å². The second kappa shape index (κ2) is 7.96. The van der Waals surface area contributed by atoms with Crippen molar-refractivity contribution in [3.8, 4) is 5.69 Å². The molecule has 1 heterocycles. The molecule has 27 heavy (non-hydrogen) atoms. The normalized spacial score (nSPS) is 10.7. The Morgan fingerprint density at radius 2 is 1.78 bits per heavy atom. The van der Waals surface area contributed by atoms with Crippen LogP contribution in [-0.2, 0) is 6.54 Å². The molecule has 0 saturated carbocycles. The van der Waals surface area contributed by atoms with Crippen molar-refractivity contribution in [2.24, 2.45) is 0 Å². The van der Waals surface area contributed by atoms with Crippen molar-refractivity contribution in [3.63, 3.8) is 0 Å². The summed E-state index contributed by atoms with van der Waals surface area (Å²) in [6, 6.07) is 13.8. The minimum atomic E-state index is -0.261. The highest BCUT2D eigenvalue weighted by molar-refractivity contribution is 9.10. The van der Waals surface area contributed by atoms with Gasteiger partial charge in [0, 0.05) is 33.8 Å². The van der Waals surface area contributed by atoms with Gasteiger partial charge in [-0.1, -0.05) is 15.9 Å². The number of hydrogen-bond donors (Lipinski definition) is 2. The molecule has 0 aliphatic rings. The number of carbonyl (C=O) groups is 1. The lowest BCUT2D eigenvalue weighted by molar-refractivity contribution is 0.251. The van der Waals surface area contributed by atoms with Crippen LogP contribution >= 0.6 is 15.9 Å². The minimum Gasteiger partial charge on any atom is -0.334 e. The van der Waals surface area contributed by atoms with Gasteiger partial charge < -0.3 is 15.2 Å². The summed E-state index contributed by atoms with van der Waals surface area (Å²) in [5.74, 6) is -0.261. The first-order chi connectivity index (χ1) is 12.8. The standard InChI is InChI=1S/C21H21BrFN3O/c1-13-10-18(6-9-20(13)22)25-21(27)24-12-16-11-14(2)26(15(16)3)19-7-4-17(23)5-8-19/h4-11H,12H2,1-3H3,(H2,24,25,27). The van der Waals surface area contributed by atoms with E-state index in [1.807, 2.05) is 49.6 Å². The quantitative estimate of drug-likeness (QED) is 0.554. The van der Waals surface area contributed by atoms with Crippen LogP contribution in [0.25, 0.3) is 5.69 Å². The Morgan fingerprint density at radius 3 is 2.44 bits per heavy atom. The van der Waals surface area contributed by atoms with Gasteiger partial charge >= 0.3 is 6.03 Å². The van der Waals surface area contributed by atoms with E-state index >= 15 is 0 Å². The van der Waals surface area contributed by atoms with Crippen molar-refractivity contribution in [1.82, 2.24) is 9.88 Å². The summed E-state index contributed by atoms with van der Waals surface area (Å²) in [5, 5.41) is 5.73. The predicted octanol–water partition coefficient (Wildman–Crippen LogP) is 5.63. The molecule has 0 bridgehead atoms. The maximum atomic E-state index is 13.2. The van der Waals surface area contributed by atoms with E-state index in [0.29, 0.717) is 6.54 Å². The third-order valence-corrected chi connectivity index (χ3v) is 5.37. The molecule has 0 fully saturated rings. The number of halogens is 2. The Kier molecular flexibility index (Phi) is 5.65. The largest absolute Gasteiger partial charge is 0.334 e. The number of benzene rings is 2. The molecular weight excluding hydrogens is 409 g/mol. The number of anilines is 1. The lowest BCUT2D eigenvalue weighted by Crippen LogP contribution is -2.28.